The average Bonchev–Trinajstić information content (AvgIpc) is 3.26. The molecule has 0 spiro atoms. The van der Waals surface area contributed by atoms with Crippen LogP contribution in [0.25, 0.3) is 11.3 Å². The molecule has 1 aliphatic rings. The highest BCUT2D eigenvalue weighted by atomic mass is 19.1. The lowest BCUT2D eigenvalue weighted by molar-refractivity contribution is -0.127. The van der Waals surface area contributed by atoms with Gasteiger partial charge in [-0.3, -0.25) is 9.59 Å². The molecule has 1 fully saturated rings. The summed E-state index contributed by atoms with van der Waals surface area (Å²) in [5, 5.41) is 6.66. The average molecular weight is 359 g/mol. The number of hydrogen-bond acceptors (Lipinski definition) is 4. The van der Waals surface area contributed by atoms with Gasteiger partial charge in [0.25, 0.3) is 0 Å². The molecule has 1 aliphatic heterocycles. The van der Waals surface area contributed by atoms with Gasteiger partial charge in [-0.2, -0.15) is 0 Å². The van der Waals surface area contributed by atoms with Crippen LogP contribution in [0.4, 0.5) is 4.39 Å². The van der Waals surface area contributed by atoms with E-state index in [0.29, 0.717) is 38.1 Å². The topological polar surface area (TPSA) is 75.4 Å². The van der Waals surface area contributed by atoms with Crippen LogP contribution in [0, 0.1) is 5.82 Å². The normalized spacial score (nSPS) is 14.0. The highest BCUT2D eigenvalue weighted by molar-refractivity contribution is 5.78. The summed E-state index contributed by atoms with van der Waals surface area (Å²) in [6.45, 7) is 2.07. The zero-order chi connectivity index (χ0) is 18.4. The van der Waals surface area contributed by atoms with Crippen LogP contribution in [0.15, 0.2) is 35.0 Å². The molecule has 0 saturated carbocycles. The highest BCUT2D eigenvalue weighted by Gasteiger charge is 2.19. The van der Waals surface area contributed by atoms with Gasteiger partial charge in [-0.25, -0.2) is 4.39 Å². The van der Waals surface area contributed by atoms with Gasteiger partial charge in [0.2, 0.25) is 11.8 Å². The van der Waals surface area contributed by atoms with Crippen molar-refractivity contribution in [2.24, 2.45) is 0 Å². The Morgan fingerprint density at radius 1 is 1.31 bits per heavy atom. The minimum atomic E-state index is -0.315. The van der Waals surface area contributed by atoms with E-state index in [1.54, 1.807) is 18.3 Å². The van der Waals surface area contributed by atoms with E-state index in [2.05, 4.69) is 10.5 Å². The Hall–Kier alpha value is -2.70. The largest absolute Gasteiger partial charge is 0.356 e. The lowest BCUT2D eigenvalue weighted by atomic mass is 10.1. The molecule has 0 aliphatic carbocycles. The Balaban J connectivity index is 1.41. The number of nitrogens with zero attached hydrogens (tertiary/aromatic N) is 2. The van der Waals surface area contributed by atoms with Crippen molar-refractivity contribution in [3.05, 3.63) is 41.8 Å². The maximum atomic E-state index is 13.0. The van der Waals surface area contributed by atoms with Crippen molar-refractivity contribution in [2.75, 3.05) is 19.6 Å². The summed E-state index contributed by atoms with van der Waals surface area (Å²) >= 11 is 0. The van der Waals surface area contributed by atoms with Crippen molar-refractivity contribution >= 4 is 11.8 Å². The number of halogens is 1. The molecule has 26 heavy (non-hydrogen) atoms. The van der Waals surface area contributed by atoms with Gasteiger partial charge in [0.1, 0.15) is 5.82 Å². The van der Waals surface area contributed by atoms with Gasteiger partial charge in [0, 0.05) is 43.6 Å². The molecule has 0 bridgehead atoms. The summed E-state index contributed by atoms with van der Waals surface area (Å²) in [5.41, 5.74) is 1.55. The molecule has 0 radical (unpaired) electrons. The molecule has 0 atom stereocenters. The number of hydrogen-bond donors (Lipinski definition) is 1. The highest BCUT2D eigenvalue weighted by Crippen LogP contribution is 2.24. The Bertz CT molecular complexity index is 758. The molecule has 2 amide bonds. The second kappa shape index (κ2) is 8.60. The van der Waals surface area contributed by atoms with Crippen LogP contribution in [0.5, 0.6) is 0 Å². The first kappa shape index (κ1) is 18.1. The van der Waals surface area contributed by atoms with E-state index in [1.165, 1.54) is 12.1 Å². The Morgan fingerprint density at radius 3 is 2.85 bits per heavy atom. The summed E-state index contributed by atoms with van der Waals surface area (Å²) < 4.78 is 18.3. The minimum absolute atomic E-state index is 0.0518. The van der Waals surface area contributed by atoms with Gasteiger partial charge in [-0.05, 0) is 43.5 Å². The third-order valence-electron chi connectivity index (χ3n) is 4.47. The monoisotopic (exact) mass is 359 g/mol. The lowest BCUT2D eigenvalue weighted by Gasteiger charge is -2.15. The number of nitrogens with one attached hydrogen (secondary N) is 1. The number of likely N-dealkylation sites (tertiary alicyclic amines) is 1. The van der Waals surface area contributed by atoms with Crippen molar-refractivity contribution in [2.45, 2.75) is 32.1 Å². The van der Waals surface area contributed by atoms with Gasteiger partial charge < -0.3 is 14.7 Å². The van der Waals surface area contributed by atoms with Gasteiger partial charge in [-0.15, -0.1) is 0 Å². The molecule has 1 aromatic heterocycles. The van der Waals surface area contributed by atoms with E-state index < -0.39 is 0 Å². The second-order valence-electron chi connectivity index (χ2n) is 6.37. The van der Waals surface area contributed by atoms with Crippen LogP contribution in [-0.2, 0) is 16.0 Å². The lowest BCUT2D eigenvalue weighted by Crippen LogP contribution is -2.30. The van der Waals surface area contributed by atoms with Crippen molar-refractivity contribution in [1.82, 2.24) is 15.4 Å². The summed E-state index contributed by atoms with van der Waals surface area (Å²) in [6.07, 6.45) is 4.73. The number of aryl methyl sites for hydroxylation is 1. The SMILES string of the molecule is O=C(CCc1cnoc1-c1ccc(F)cc1)NCCCN1CCCC1=O. The molecule has 3 rings (SSSR count). The van der Waals surface area contributed by atoms with E-state index in [1.807, 2.05) is 4.90 Å². The predicted molar refractivity (Wildman–Crippen MR) is 93.7 cm³/mol. The number of rotatable bonds is 8. The minimum Gasteiger partial charge on any atom is -0.356 e. The molecule has 1 aromatic carbocycles. The molecule has 7 heteroatoms. The maximum absolute atomic E-state index is 13.0. The van der Waals surface area contributed by atoms with E-state index in [4.69, 9.17) is 4.52 Å². The molecule has 0 unspecified atom stereocenters. The maximum Gasteiger partial charge on any atom is 0.222 e. The fourth-order valence-electron chi connectivity index (χ4n) is 3.05. The summed E-state index contributed by atoms with van der Waals surface area (Å²) in [6, 6.07) is 5.97. The third kappa shape index (κ3) is 4.68. The van der Waals surface area contributed by atoms with Crippen LogP contribution in [0.2, 0.25) is 0 Å². The van der Waals surface area contributed by atoms with Crippen LogP contribution >= 0.6 is 0 Å². The third-order valence-corrected chi connectivity index (χ3v) is 4.47. The van der Waals surface area contributed by atoms with Crippen LogP contribution in [0.3, 0.4) is 0 Å². The molecule has 2 heterocycles. The van der Waals surface area contributed by atoms with Crippen LogP contribution < -0.4 is 5.32 Å². The van der Waals surface area contributed by atoms with Gasteiger partial charge in [-0.1, -0.05) is 5.16 Å². The first-order valence-electron chi connectivity index (χ1n) is 8.87. The molecule has 2 aromatic rings. The van der Waals surface area contributed by atoms with E-state index in [0.717, 1.165) is 30.5 Å². The second-order valence-corrected chi connectivity index (χ2v) is 6.37. The van der Waals surface area contributed by atoms with Gasteiger partial charge in [0.05, 0.1) is 6.20 Å². The predicted octanol–water partition coefficient (Wildman–Crippen LogP) is 2.54. The smallest absolute Gasteiger partial charge is 0.222 e. The number of benzene rings is 1. The summed E-state index contributed by atoms with van der Waals surface area (Å²) in [4.78, 5) is 25.4. The summed E-state index contributed by atoms with van der Waals surface area (Å²) in [5.74, 6) is 0.399. The van der Waals surface area contributed by atoms with E-state index in [-0.39, 0.29) is 17.6 Å². The standard InChI is InChI=1S/C19H22FN3O3/c20-16-7-4-14(5-8-16)19-15(13-22-26-19)6-9-17(24)21-10-2-12-23-11-1-3-18(23)25/h4-5,7-8,13H,1-3,6,9-12H2,(H,21,24). The number of carbonyl (C=O) groups excluding carboxylic acids is 2. The fourth-order valence-corrected chi connectivity index (χ4v) is 3.05. The van der Waals surface area contributed by atoms with Crippen molar-refractivity contribution in [1.29, 1.82) is 0 Å². The first-order chi connectivity index (χ1) is 12.6. The zero-order valence-corrected chi connectivity index (χ0v) is 14.5. The Morgan fingerprint density at radius 2 is 2.12 bits per heavy atom. The quantitative estimate of drug-likeness (QED) is 0.735. The summed E-state index contributed by atoms with van der Waals surface area (Å²) in [7, 11) is 0. The molecule has 1 N–H and O–H groups in total. The molecule has 1 saturated heterocycles. The van der Waals surface area contributed by atoms with Gasteiger partial charge in [0.15, 0.2) is 5.76 Å². The number of amides is 2. The number of aromatic nitrogens is 1. The van der Waals surface area contributed by atoms with E-state index in [9.17, 15) is 14.0 Å². The fraction of sp³-hybridized carbons (Fsp3) is 0.421. The van der Waals surface area contributed by atoms with Crippen LogP contribution in [0.1, 0.15) is 31.2 Å². The molecule has 138 valence electrons. The molecular formula is C19H22FN3O3. The number of carbonyl (C=O) groups is 2. The molecular weight excluding hydrogens is 337 g/mol. The van der Waals surface area contributed by atoms with Crippen LogP contribution in [-0.4, -0.2) is 41.5 Å². The Labute approximate surface area is 151 Å². The van der Waals surface area contributed by atoms with Crippen molar-refractivity contribution in [3.8, 4) is 11.3 Å². The first-order valence-corrected chi connectivity index (χ1v) is 8.87. The Kier molecular flexibility index (Phi) is 5.99. The van der Waals surface area contributed by atoms with Crippen molar-refractivity contribution in [3.63, 3.8) is 0 Å². The molecule has 6 nitrogen and oxygen atoms in total. The van der Waals surface area contributed by atoms with Crippen molar-refractivity contribution < 1.29 is 18.5 Å². The van der Waals surface area contributed by atoms with Gasteiger partial charge >= 0.3 is 0 Å². The zero-order valence-electron chi connectivity index (χ0n) is 14.5. The van der Waals surface area contributed by atoms with E-state index >= 15 is 0 Å².